The molecule has 6 heteroatoms. The highest BCUT2D eigenvalue weighted by molar-refractivity contribution is 6.30. The first-order chi connectivity index (χ1) is 7.58. The number of rotatable bonds is 4. The summed E-state index contributed by atoms with van der Waals surface area (Å²) < 4.78 is 0. The van der Waals surface area contributed by atoms with Gasteiger partial charge in [0.25, 0.3) is 0 Å². The van der Waals surface area contributed by atoms with Gasteiger partial charge in [0.2, 0.25) is 5.91 Å². The Morgan fingerprint density at radius 1 is 1.44 bits per heavy atom. The molecule has 0 aliphatic heterocycles. The Kier molecular flexibility index (Phi) is 4.49. The molecule has 0 bridgehead atoms. The maximum atomic E-state index is 11.1. The molecule has 0 unspecified atom stereocenters. The van der Waals surface area contributed by atoms with Gasteiger partial charge >= 0.3 is 0 Å². The van der Waals surface area contributed by atoms with Crippen LogP contribution in [-0.4, -0.2) is 29.5 Å². The number of carbonyl (C=O) groups is 1. The molecule has 2 N–H and O–H groups in total. The molecule has 88 valence electrons. The zero-order valence-corrected chi connectivity index (χ0v) is 10.4. The molecule has 1 heterocycles. The molecule has 0 spiro atoms. The molecule has 16 heavy (non-hydrogen) atoms. The quantitative estimate of drug-likeness (QED) is 0.778. The zero-order valence-electron chi connectivity index (χ0n) is 9.59. The van der Waals surface area contributed by atoms with Crippen molar-refractivity contribution in [2.45, 2.75) is 20.3 Å². The number of nitrogens with one attached hydrogen (secondary N) is 2. The van der Waals surface area contributed by atoms with E-state index in [0.717, 1.165) is 5.56 Å². The molecule has 0 aliphatic carbocycles. The van der Waals surface area contributed by atoms with E-state index in [-0.39, 0.29) is 12.5 Å². The molecule has 0 radical (unpaired) electrons. The van der Waals surface area contributed by atoms with Crippen LogP contribution in [0, 0.1) is 6.92 Å². The van der Waals surface area contributed by atoms with E-state index in [1.807, 2.05) is 13.8 Å². The van der Waals surface area contributed by atoms with E-state index in [0.29, 0.717) is 23.2 Å². The number of halogens is 1. The highest BCUT2D eigenvalue weighted by atomic mass is 35.5. The molecule has 1 amide bonds. The molecule has 0 saturated carbocycles. The summed E-state index contributed by atoms with van der Waals surface area (Å²) in [5, 5.41) is 5.87. The third-order valence-corrected chi connectivity index (χ3v) is 2.51. The molecule has 0 fully saturated rings. The number of nitrogens with zero attached hydrogens (tertiary/aromatic N) is 2. The third-order valence-electron chi connectivity index (χ3n) is 2.14. The first kappa shape index (κ1) is 12.7. The van der Waals surface area contributed by atoms with Crippen LogP contribution in [0.5, 0.6) is 0 Å². The van der Waals surface area contributed by atoms with Crippen molar-refractivity contribution in [2.75, 3.05) is 18.9 Å². The summed E-state index contributed by atoms with van der Waals surface area (Å²) in [6.45, 7) is 3.94. The lowest BCUT2D eigenvalue weighted by molar-refractivity contribution is -0.118. The fraction of sp³-hybridized carbons (Fsp3) is 0.500. The van der Waals surface area contributed by atoms with Gasteiger partial charge in [-0.25, -0.2) is 9.97 Å². The normalized spacial score (nSPS) is 10.0. The van der Waals surface area contributed by atoms with Crippen molar-refractivity contribution >= 4 is 23.3 Å². The third kappa shape index (κ3) is 3.06. The fourth-order valence-corrected chi connectivity index (χ4v) is 1.30. The summed E-state index contributed by atoms with van der Waals surface area (Å²) in [5.41, 5.74) is 0.753. The van der Waals surface area contributed by atoms with Crippen molar-refractivity contribution in [1.29, 1.82) is 0 Å². The molecule has 1 aromatic heterocycles. The summed E-state index contributed by atoms with van der Waals surface area (Å²) in [4.78, 5) is 19.5. The fourth-order valence-electron chi connectivity index (χ4n) is 1.12. The van der Waals surface area contributed by atoms with Crippen molar-refractivity contribution < 1.29 is 4.79 Å². The van der Waals surface area contributed by atoms with E-state index in [2.05, 4.69) is 20.6 Å². The van der Waals surface area contributed by atoms with Crippen molar-refractivity contribution in [2.24, 2.45) is 0 Å². The Morgan fingerprint density at radius 2 is 2.12 bits per heavy atom. The second-order valence-electron chi connectivity index (χ2n) is 3.28. The lowest BCUT2D eigenvalue weighted by atomic mass is 10.3. The Bertz CT molecular complexity index is 395. The molecule has 0 saturated heterocycles. The highest BCUT2D eigenvalue weighted by Gasteiger charge is 2.09. The number of hydrogen-bond donors (Lipinski definition) is 2. The summed E-state index contributed by atoms with van der Waals surface area (Å²) in [5.74, 6) is 1.17. The van der Waals surface area contributed by atoms with Gasteiger partial charge in [-0.3, -0.25) is 4.79 Å². The van der Waals surface area contributed by atoms with Gasteiger partial charge < -0.3 is 10.6 Å². The van der Waals surface area contributed by atoms with Crippen LogP contribution in [0.3, 0.4) is 0 Å². The van der Waals surface area contributed by atoms with E-state index in [9.17, 15) is 4.79 Å². The topological polar surface area (TPSA) is 66.9 Å². The van der Waals surface area contributed by atoms with Gasteiger partial charge in [0.05, 0.1) is 6.54 Å². The maximum absolute atomic E-state index is 11.1. The van der Waals surface area contributed by atoms with Gasteiger partial charge in [-0.2, -0.15) is 0 Å². The summed E-state index contributed by atoms with van der Waals surface area (Å²) in [7, 11) is 1.58. The van der Waals surface area contributed by atoms with E-state index in [4.69, 9.17) is 11.6 Å². The first-order valence-electron chi connectivity index (χ1n) is 5.06. The molecule has 0 aromatic carbocycles. The molecule has 0 atom stereocenters. The van der Waals surface area contributed by atoms with Gasteiger partial charge in [0, 0.05) is 19.0 Å². The molecule has 0 aliphatic rings. The van der Waals surface area contributed by atoms with Crippen LogP contribution < -0.4 is 10.6 Å². The molecule has 1 rings (SSSR count). The van der Waals surface area contributed by atoms with Crippen molar-refractivity contribution in [3.8, 4) is 0 Å². The largest absolute Gasteiger partial charge is 0.361 e. The Balaban J connectivity index is 2.86. The SMILES string of the molecule is CCc1nc(Cl)c(C)c(NCC(=O)NC)n1. The Morgan fingerprint density at radius 3 is 2.69 bits per heavy atom. The van der Waals surface area contributed by atoms with Gasteiger partial charge in [-0.05, 0) is 6.92 Å². The average Bonchev–Trinajstić information content (AvgIpc) is 2.30. The van der Waals surface area contributed by atoms with Crippen LogP contribution in [0.4, 0.5) is 5.82 Å². The predicted octanol–water partition coefficient (Wildman–Crippen LogP) is 1.16. The van der Waals surface area contributed by atoms with Gasteiger partial charge in [0.15, 0.2) is 0 Å². The standard InChI is InChI=1S/C10H15ClN4O/c1-4-7-14-9(11)6(2)10(15-7)13-5-8(16)12-3/h4-5H2,1-3H3,(H,12,16)(H,13,14,15). The Hall–Kier alpha value is -1.36. The van der Waals surface area contributed by atoms with Gasteiger partial charge in [0.1, 0.15) is 16.8 Å². The zero-order chi connectivity index (χ0) is 12.1. The highest BCUT2D eigenvalue weighted by Crippen LogP contribution is 2.19. The van der Waals surface area contributed by atoms with E-state index in [1.54, 1.807) is 7.05 Å². The van der Waals surface area contributed by atoms with Crippen LogP contribution >= 0.6 is 11.6 Å². The van der Waals surface area contributed by atoms with Crippen LogP contribution in [0.15, 0.2) is 0 Å². The minimum Gasteiger partial charge on any atom is -0.361 e. The first-order valence-corrected chi connectivity index (χ1v) is 5.43. The summed E-state index contributed by atoms with van der Waals surface area (Å²) >= 11 is 5.96. The lowest BCUT2D eigenvalue weighted by Gasteiger charge is -2.10. The van der Waals surface area contributed by atoms with Crippen molar-refractivity contribution in [1.82, 2.24) is 15.3 Å². The second kappa shape index (κ2) is 5.65. The van der Waals surface area contributed by atoms with Crippen LogP contribution in [0.2, 0.25) is 5.15 Å². The summed E-state index contributed by atoms with van der Waals surface area (Å²) in [6, 6.07) is 0. The minimum absolute atomic E-state index is 0.104. The minimum atomic E-state index is -0.104. The number of aromatic nitrogens is 2. The van der Waals surface area contributed by atoms with Crippen LogP contribution in [-0.2, 0) is 11.2 Å². The second-order valence-corrected chi connectivity index (χ2v) is 3.64. The van der Waals surface area contributed by atoms with Gasteiger partial charge in [-0.15, -0.1) is 0 Å². The molecular formula is C10H15ClN4O. The van der Waals surface area contributed by atoms with Crippen molar-refractivity contribution in [3.63, 3.8) is 0 Å². The number of likely N-dealkylation sites (N-methyl/N-ethyl adjacent to an activating group) is 1. The van der Waals surface area contributed by atoms with E-state index in [1.165, 1.54) is 0 Å². The molecule has 1 aromatic rings. The number of hydrogen-bond acceptors (Lipinski definition) is 4. The summed E-state index contributed by atoms with van der Waals surface area (Å²) in [6.07, 6.45) is 0.703. The van der Waals surface area contributed by atoms with Gasteiger partial charge in [-0.1, -0.05) is 18.5 Å². The number of aryl methyl sites for hydroxylation is 1. The monoisotopic (exact) mass is 242 g/mol. The number of amides is 1. The lowest BCUT2D eigenvalue weighted by Crippen LogP contribution is -2.26. The predicted molar refractivity (Wildman–Crippen MR) is 63.7 cm³/mol. The van der Waals surface area contributed by atoms with E-state index < -0.39 is 0 Å². The smallest absolute Gasteiger partial charge is 0.239 e. The molecular weight excluding hydrogens is 228 g/mol. The maximum Gasteiger partial charge on any atom is 0.239 e. The van der Waals surface area contributed by atoms with E-state index >= 15 is 0 Å². The van der Waals surface area contributed by atoms with Crippen LogP contribution in [0.1, 0.15) is 18.3 Å². The number of carbonyl (C=O) groups excluding carboxylic acids is 1. The average molecular weight is 243 g/mol. The molecule has 5 nitrogen and oxygen atoms in total. The number of anilines is 1. The van der Waals surface area contributed by atoms with Crippen molar-refractivity contribution in [3.05, 3.63) is 16.5 Å². The Labute approximate surface area is 99.6 Å². The van der Waals surface area contributed by atoms with Crippen LogP contribution in [0.25, 0.3) is 0 Å².